The second-order valence-electron chi connectivity index (χ2n) is 12.1. The van der Waals surface area contributed by atoms with Gasteiger partial charge in [-0.15, -0.1) is 0 Å². The lowest BCUT2D eigenvalue weighted by Crippen LogP contribution is -2.49. The van der Waals surface area contributed by atoms with Crippen molar-refractivity contribution in [1.82, 2.24) is 15.1 Å². The first-order chi connectivity index (χ1) is 20.0. The van der Waals surface area contributed by atoms with E-state index in [0.717, 1.165) is 75.5 Å². The lowest BCUT2D eigenvalue weighted by Gasteiger charge is -2.38. The Morgan fingerprint density at radius 1 is 0.805 bits per heavy atom. The fourth-order valence-electron chi connectivity index (χ4n) is 6.87. The number of likely N-dealkylation sites (tertiary alicyclic amines) is 1. The van der Waals surface area contributed by atoms with Gasteiger partial charge in [-0.1, -0.05) is 49.6 Å². The Morgan fingerprint density at radius 3 is 2.10 bits per heavy atom. The number of benzene rings is 2. The number of carbonyl (C=O) groups is 3. The number of hydrogen-bond acceptors (Lipinski definition) is 4. The number of nitrogens with one attached hydrogen (secondary N) is 1. The zero-order valence-corrected chi connectivity index (χ0v) is 24.4. The number of ether oxygens (including phenoxy) is 1. The van der Waals surface area contributed by atoms with Crippen molar-refractivity contribution in [3.05, 3.63) is 65.7 Å². The van der Waals surface area contributed by atoms with Gasteiger partial charge in [-0.2, -0.15) is 0 Å². The maximum absolute atomic E-state index is 13.7. The van der Waals surface area contributed by atoms with Gasteiger partial charge in [0.1, 0.15) is 5.75 Å². The molecule has 7 nitrogen and oxygen atoms in total. The number of rotatable bonds is 8. The summed E-state index contributed by atoms with van der Waals surface area (Å²) in [5.74, 6) is 1.38. The van der Waals surface area contributed by atoms with Gasteiger partial charge in [-0.3, -0.25) is 14.4 Å². The number of piperidine rings is 1. The normalized spacial score (nSPS) is 22.1. The lowest BCUT2D eigenvalue weighted by molar-refractivity contribution is -0.140. The molecule has 2 aromatic carbocycles. The molecule has 0 radical (unpaired) electrons. The van der Waals surface area contributed by atoms with Crippen LogP contribution in [0.4, 0.5) is 0 Å². The number of methoxy groups -OCH3 is 1. The van der Waals surface area contributed by atoms with E-state index in [2.05, 4.69) is 17.4 Å². The minimum absolute atomic E-state index is 0.0191. The van der Waals surface area contributed by atoms with Gasteiger partial charge in [0.25, 0.3) is 5.91 Å². The van der Waals surface area contributed by atoms with Crippen LogP contribution < -0.4 is 10.1 Å². The summed E-state index contributed by atoms with van der Waals surface area (Å²) in [6, 6.07) is 17.7. The van der Waals surface area contributed by atoms with Crippen molar-refractivity contribution in [1.29, 1.82) is 0 Å². The van der Waals surface area contributed by atoms with E-state index in [9.17, 15) is 14.4 Å². The van der Waals surface area contributed by atoms with E-state index in [1.54, 1.807) is 7.11 Å². The first kappa shape index (κ1) is 29.2. The average molecular weight is 560 g/mol. The fraction of sp³-hybridized carbons (Fsp3) is 0.559. The first-order valence-electron chi connectivity index (χ1n) is 15.6. The first-order valence-corrected chi connectivity index (χ1v) is 15.6. The minimum Gasteiger partial charge on any atom is -0.497 e. The lowest BCUT2D eigenvalue weighted by atomic mass is 9.86. The molecule has 0 bridgehead atoms. The molecule has 0 unspecified atom stereocenters. The summed E-state index contributed by atoms with van der Waals surface area (Å²) in [7, 11) is 1.62. The van der Waals surface area contributed by atoms with Gasteiger partial charge >= 0.3 is 0 Å². The van der Waals surface area contributed by atoms with Crippen molar-refractivity contribution in [3.63, 3.8) is 0 Å². The molecule has 3 amide bonds. The predicted octanol–water partition coefficient (Wildman–Crippen LogP) is 5.58. The molecule has 3 fully saturated rings. The third-order valence-corrected chi connectivity index (χ3v) is 9.41. The van der Waals surface area contributed by atoms with Gasteiger partial charge in [0.2, 0.25) is 11.8 Å². The van der Waals surface area contributed by atoms with Gasteiger partial charge in [0, 0.05) is 49.1 Å². The summed E-state index contributed by atoms with van der Waals surface area (Å²) < 4.78 is 5.27. The second-order valence-corrected chi connectivity index (χ2v) is 12.1. The monoisotopic (exact) mass is 559 g/mol. The van der Waals surface area contributed by atoms with E-state index < -0.39 is 0 Å². The van der Waals surface area contributed by atoms with Crippen LogP contribution >= 0.6 is 0 Å². The molecule has 2 saturated carbocycles. The van der Waals surface area contributed by atoms with Crippen LogP contribution in [0.1, 0.15) is 86.6 Å². The summed E-state index contributed by atoms with van der Waals surface area (Å²) in [4.78, 5) is 43.8. The van der Waals surface area contributed by atoms with Crippen LogP contribution in [0.3, 0.4) is 0 Å². The molecule has 1 aliphatic heterocycles. The molecule has 1 N–H and O–H groups in total. The van der Waals surface area contributed by atoms with E-state index in [-0.39, 0.29) is 35.7 Å². The van der Waals surface area contributed by atoms with Gasteiger partial charge in [0.05, 0.1) is 7.11 Å². The highest BCUT2D eigenvalue weighted by Gasteiger charge is 2.34. The van der Waals surface area contributed by atoms with Crippen LogP contribution in [0, 0.1) is 11.8 Å². The molecule has 1 heterocycles. The zero-order valence-electron chi connectivity index (χ0n) is 24.4. The van der Waals surface area contributed by atoms with Crippen molar-refractivity contribution < 1.29 is 19.1 Å². The highest BCUT2D eigenvalue weighted by molar-refractivity contribution is 5.94. The predicted molar refractivity (Wildman–Crippen MR) is 159 cm³/mol. The summed E-state index contributed by atoms with van der Waals surface area (Å²) in [5, 5.41) is 3.32. The van der Waals surface area contributed by atoms with Crippen LogP contribution in [0.15, 0.2) is 54.6 Å². The van der Waals surface area contributed by atoms with Gasteiger partial charge in [-0.05, 0) is 81.2 Å². The molecule has 5 rings (SSSR count). The fourth-order valence-corrected chi connectivity index (χ4v) is 6.87. The molecule has 3 aliphatic rings. The van der Waals surface area contributed by atoms with Crippen molar-refractivity contribution >= 4 is 17.7 Å². The standard InChI is InChI=1S/C34H45N3O4/c1-41-31-18-12-28(13-19-31)34(40)37(24-25-8-4-2-5-9-25)30-16-14-29(15-17-30)35-32(38)26-20-22-36(23-21-26)33(39)27-10-6-3-7-11-27/h2,4-5,8-9,12-13,18-19,26-27,29-30H,3,6-7,10-11,14-17,20-24H2,1H3,(H,35,38). The Labute approximate surface area is 244 Å². The smallest absolute Gasteiger partial charge is 0.254 e. The van der Waals surface area contributed by atoms with Crippen LogP contribution in [0.5, 0.6) is 5.75 Å². The van der Waals surface area contributed by atoms with E-state index in [4.69, 9.17) is 4.74 Å². The number of amides is 3. The molecule has 1 saturated heterocycles. The summed E-state index contributed by atoms with van der Waals surface area (Å²) >= 11 is 0. The Kier molecular flexibility index (Phi) is 9.97. The van der Waals surface area contributed by atoms with E-state index in [1.165, 1.54) is 6.42 Å². The molecular weight excluding hydrogens is 514 g/mol. The Morgan fingerprint density at radius 2 is 1.46 bits per heavy atom. The van der Waals surface area contributed by atoms with Gasteiger partial charge in [0.15, 0.2) is 0 Å². The van der Waals surface area contributed by atoms with Gasteiger partial charge in [-0.25, -0.2) is 0 Å². The second kappa shape index (κ2) is 14.0. The largest absolute Gasteiger partial charge is 0.497 e. The molecule has 2 aliphatic carbocycles. The highest BCUT2D eigenvalue weighted by Crippen LogP contribution is 2.29. The third-order valence-electron chi connectivity index (χ3n) is 9.41. The highest BCUT2D eigenvalue weighted by atomic mass is 16.5. The summed E-state index contributed by atoms with van der Waals surface area (Å²) in [5.41, 5.74) is 1.77. The Balaban J connectivity index is 1.13. The molecule has 7 heteroatoms. The van der Waals surface area contributed by atoms with E-state index >= 15 is 0 Å². The number of carbonyl (C=O) groups excluding carboxylic acids is 3. The van der Waals surface area contributed by atoms with E-state index in [1.807, 2.05) is 52.3 Å². The van der Waals surface area contributed by atoms with Crippen LogP contribution in [-0.4, -0.2) is 59.8 Å². The molecule has 41 heavy (non-hydrogen) atoms. The molecule has 2 aromatic rings. The zero-order chi connectivity index (χ0) is 28.6. The molecule has 220 valence electrons. The number of hydrogen-bond donors (Lipinski definition) is 1. The molecule has 0 spiro atoms. The van der Waals surface area contributed by atoms with Crippen LogP contribution in [0.25, 0.3) is 0 Å². The van der Waals surface area contributed by atoms with Crippen molar-refractivity contribution in [2.45, 2.75) is 89.3 Å². The third kappa shape index (κ3) is 7.49. The number of nitrogens with zero attached hydrogens (tertiary/aromatic N) is 2. The van der Waals surface area contributed by atoms with Crippen LogP contribution in [-0.2, 0) is 16.1 Å². The van der Waals surface area contributed by atoms with Crippen molar-refractivity contribution in [2.24, 2.45) is 11.8 Å². The quantitative estimate of drug-likeness (QED) is 0.458. The Bertz CT molecular complexity index is 1150. The summed E-state index contributed by atoms with van der Waals surface area (Å²) in [6.07, 6.45) is 10.6. The molecule has 0 atom stereocenters. The van der Waals surface area contributed by atoms with Crippen LogP contribution in [0.2, 0.25) is 0 Å². The van der Waals surface area contributed by atoms with Crippen molar-refractivity contribution in [3.8, 4) is 5.75 Å². The Hall–Kier alpha value is -3.35. The molecule has 0 aromatic heterocycles. The SMILES string of the molecule is COc1ccc(C(=O)N(Cc2ccccc2)C2CCC(NC(=O)C3CCN(C(=O)C4CCCCC4)CC3)CC2)cc1. The topological polar surface area (TPSA) is 79.0 Å². The maximum Gasteiger partial charge on any atom is 0.254 e. The van der Waals surface area contributed by atoms with E-state index in [0.29, 0.717) is 31.1 Å². The molecular formula is C34H45N3O4. The average Bonchev–Trinajstić information content (AvgIpc) is 3.04. The van der Waals surface area contributed by atoms with Gasteiger partial charge < -0.3 is 19.9 Å². The van der Waals surface area contributed by atoms with Crippen molar-refractivity contribution in [2.75, 3.05) is 20.2 Å². The minimum atomic E-state index is -0.0191. The summed E-state index contributed by atoms with van der Waals surface area (Å²) in [6.45, 7) is 1.95. The maximum atomic E-state index is 13.7.